The fourth-order valence-electron chi connectivity index (χ4n) is 3.72. The van der Waals surface area contributed by atoms with Crippen LogP contribution in [0.25, 0.3) is 16.9 Å². The quantitative estimate of drug-likeness (QED) is 0.247. The van der Waals surface area contributed by atoms with Gasteiger partial charge in [0.2, 0.25) is 0 Å². The monoisotopic (exact) mass is 428 g/mol. The van der Waals surface area contributed by atoms with Gasteiger partial charge in [0.15, 0.2) is 0 Å². The first-order valence-electron chi connectivity index (χ1n) is 10.4. The van der Waals surface area contributed by atoms with E-state index in [9.17, 15) is 4.39 Å². The molecule has 4 aromatic rings. The molecule has 0 aliphatic rings. The van der Waals surface area contributed by atoms with E-state index in [2.05, 4.69) is 15.8 Å². The van der Waals surface area contributed by atoms with Gasteiger partial charge in [0.25, 0.3) is 0 Å². The van der Waals surface area contributed by atoms with Gasteiger partial charge >= 0.3 is 0 Å². The maximum Gasteiger partial charge on any atom is 0.142 e. The minimum absolute atomic E-state index is 0.266. The van der Waals surface area contributed by atoms with E-state index in [0.717, 1.165) is 45.2 Å². The summed E-state index contributed by atoms with van der Waals surface area (Å²) in [5.74, 6) is 0.496. The van der Waals surface area contributed by atoms with E-state index in [1.54, 1.807) is 19.2 Å². The first-order valence-corrected chi connectivity index (χ1v) is 10.4. The van der Waals surface area contributed by atoms with Crippen LogP contribution in [0.3, 0.4) is 0 Å². The van der Waals surface area contributed by atoms with Crippen LogP contribution in [0.5, 0.6) is 5.75 Å². The summed E-state index contributed by atoms with van der Waals surface area (Å²) in [5, 5.41) is 4.36. The number of methoxy groups -OCH3 is 1. The van der Waals surface area contributed by atoms with Gasteiger partial charge < -0.3 is 14.1 Å². The maximum absolute atomic E-state index is 13.6. The fourth-order valence-corrected chi connectivity index (χ4v) is 3.72. The summed E-state index contributed by atoms with van der Waals surface area (Å²) in [6.07, 6.45) is 0. The molecule has 0 aliphatic carbocycles. The SMILES string of the molecule is COc1cccc(-n2c(-c3ccc(F)cc3)cc(/C(C)=N\OCc3ccccc3)c2C)c1. The molecule has 0 atom stereocenters. The van der Waals surface area contributed by atoms with Crippen LogP contribution >= 0.6 is 0 Å². The molecule has 4 nitrogen and oxygen atoms in total. The highest BCUT2D eigenvalue weighted by molar-refractivity contribution is 6.01. The third kappa shape index (κ3) is 4.57. The molecule has 3 aromatic carbocycles. The second kappa shape index (κ2) is 9.52. The normalized spacial score (nSPS) is 11.4. The Hall–Kier alpha value is -3.86. The third-order valence-corrected chi connectivity index (χ3v) is 5.36. The molecule has 162 valence electrons. The van der Waals surface area contributed by atoms with E-state index in [4.69, 9.17) is 9.57 Å². The molecule has 0 saturated carbocycles. The third-order valence-electron chi connectivity index (χ3n) is 5.36. The van der Waals surface area contributed by atoms with Gasteiger partial charge in [-0.05, 0) is 67.4 Å². The lowest BCUT2D eigenvalue weighted by atomic mass is 10.1. The lowest BCUT2D eigenvalue weighted by molar-refractivity contribution is 0.130. The van der Waals surface area contributed by atoms with Crippen molar-refractivity contribution >= 4 is 5.71 Å². The van der Waals surface area contributed by atoms with E-state index >= 15 is 0 Å². The topological polar surface area (TPSA) is 35.8 Å². The Balaban J connectivity index is 1.74. The molecule has 32 heavy (non-hydrogen) atoms. The highest BCUT2D eigenvalue weighted by atomic mass is 19.1. The molecule has 0 spiro atoms. The summed E-state index contributed by atoms with van der Waals surface area (Å²) in [6, 6.07) is 26.3. The number of halogens is 1. The van der Waals surface area contributed by atoms with E-state index in [0.29, 0.717) is 6.61 Å². The van der Waals surface area contributed by atoms with Crippen LogP contribution in [0.1, 0.15) is 23.7 Å². The number of oxime groups is 1. The van der Waals surface area contributed by atoms with Gasteiger partial charge in [-0.25, -0.2) is 4.39 Å². The first-order chi connectivity index (χ1) is 15.6. The zero-order valence-electron chi connectivity index (χ0n) is 18.4. The second-order valence-corrected chi connectivity index (χ2v) is 7.51. The Morgan fingerprint density at radius 2 is 1.69 bits per heavy atom. The zero-order chi connectivity index (χ0) is 22.5. The van der Waals surface area contributed by atoms with Gasteiger partial charge in [0.1, 0.15) is 18.2 Å². The van der Waals surface area contributed by atoms with Crippen molar-refractivity contribution in [3.63, 3.8) is 0 Å². The molecule has 4 rings (SSSR count). The molecule has 0 unspecified atom stereocenters. The standard InChI is InChI=1S/C27H25FN2O2/c1-19(29-32-18-21-8-5-4-6-9-21)26-17-27(22-12-14-23(28)15-13-22)30(20(26)2)24-10-7-11-25(16-24)31-3/h4-17H,18H2,1-3H3/b29-19-. The predicted molar refractivity (Wildman–Crippen MR) is 126 cm³/mol. The van der Waals surface area contributed by atoms with Crippen molar-refractivity contribution in [1.29, 1.82) is 0 Å². The van der Waals surface area contributed by atoms with Crippen molar-refractivity contribution in [3.05, 3.63) is 108 Å². The number of hydrogen-bond donors (Lipinski definition) is 0. The summed E-state index contributed by atoms with van der Waals surface area (Å²) >= 11 is 0. The highest BCUT2D eigenvalue weighted by Crippen LogP contribution is 2.31. The molecular formula is C27H25FN2O2. The molecular weight excluding hydrogens is 403 g/mol. The van der Waals surface area contributed by atoms with Crippen molar-refractivity contribution < 1.29 is 14.0 Å². The number of ether oxygens (including phenoxy) is 1. The van der Waals surface area contributed by atoms with Crippen LogP contribution in [-0.4, -0.2) is 17.4 Å². The number of rotatable bonds is 7. The van der Waals surface area contributed by atoms with Crippen molar-refractivity contribution in [3.8, 4) is 22.7 Å². The molecule has 0 saturated heterocycles. The van der Waals surface area contributed by atoms with Crippen molar-refractivity contribution in [2.75, 3.05) is 7.11 Å². The largest absolute Gasteiger partial charge is 0.497 e. The van der Waals surface area contributed by atoms with E-state index in [1.165, 1.54) is 12.1 Å². The van der Waals surface area contributed by atoms with Gasteiger partial charge in [-0.2, -0.15) is 0 Å². The summed E-state index contributed by atoms with van der Waals surface area (Å²) in [7, 11) is 1.65. The molecule has 1 aromatic heterocycles. The summed E-state index contributed by atoms with van der Waals surface area (Å²) < 4.78 is 21.1. The summed E-state index contributed by atoms with van der Waals surface area (Å²) in [5.41, 5.74) is 6.57. The Kier molecular flexibility index (Phi) is 6.36. The average Bonchev–Trinajstić information content (AvgIpc) is 3.17. The molecule has 0 fully saturated rings. The average molecular weight is 429 g/mol. The Labute approximate surface area is 187 Å². The molecule has 0 bridgehead atoms. The lowest BCUT2D eigenvalue weighted by Gasteiger charge is -2.13. The van der Waals surface area contributed by atoms with Gasteiger partial charge in [-0.15, -0.1) is 0 Å². The molecule has 0 N–H and O–H groups in total. The van der Waals surface area contributed by atoms with E-state index in [-0.39, 0.29) is 5.82 Å². The van der Waals surface area contributed by atoms with Crippen molar-refractivity contribution in [1.82, 2.24) is 4.57 Å². The Morgan fingerprint density at radius 1 is 0.938 bits per heavy atom. The molecule has 0 amide bonds. The number of nitrogens with zero attached hydrogens (tertiary/aromatic N) is 2. The Morgan fingerprint density at radius 3 is 2.41 bits per heavy atom. The van der Waals surface area contributed by atoms with Crippen LogP contribution in [0.15, 0.2) is 90.1 Å². The van der Waals surface area contributed by atoms with Crippen LogP contribution in [-0.2, 0) is 11.4 Å². The van der Waals surface area contributed by atoms with Gasteiger partial charge in [-0.3, -0.25) is 0 Å². The molecule has 0 aliphatic heterocycles. The number of aromatic nitrogens is 1. The Bertz CT molecular complexity index is 1230. The number of benzene rings is 3. The van der Waals surface area contributed by atoms with Gasteiger partial charge in [0.05, 0.1) is 18.5 Å². The van der Waals surface area contributed by atoms with E-state index in [1.807, 2.05) is 68.4 Å². The molecule has 0 radical (unpaired) electrons. The lowest BCUT2D eigenvalue weighted by Crippen LogP contribution is -2.03. The van der Waals surface area contributed by atoms with Crippen LogP contribution in [0.4, 0.5) is 4.39 Å². The number of hydrogen-bond acceptors (Lipinski definition) is 3. The first kappa shape index (κ1) is 21.4. The predicted octanol–water partition coefficient (Wildman–Crippen LogP) is 6.54. The minimum atomic E-state index is -0.266. The second-order valence-electron chi connectivity index (χ2n) is 7.51. The van der Waals surface area contributed by atoms with Crippen molar-refractivity contribution in [2.45, 2.75) is 20.5 Å². The smallest absolute Gasteiger partial charge is 0.142 e. The maximum atomic E-state index is 13.6. The van der Waals surface area contributed by atoms with Gasteiger partial charge in [-0.1, -0.05) is 41.6 Å². The molecule has 1 heterocycles. The highest BCUT2D eigenvalue weighted by Gasteiger charge is 2.17. The summed E-state index contributed by atoms with van der Waals surface area (Å²) in [6.45, 7) is 4.37. The van der Waals surface area contributed by atoms with Crippen LogP contribution in [0.2, 0.25) is 0 Å². The van der Waals surface area contributed by atoms with Gasteiger partial charge in [0, 0.05) is 23.0 Å². The molecule has 5 heteroatoms. The summed E-state index contributed by atoms with van der Waals surface area (Å²) in [4.78, 5) is 5.61. The van der Waals surface area contributed by atoms with E-state index < -0.39 is 0 Å². The van der Waals surface area contributed by atoms with Crippen LogP contribution < -0.4 is 4.74 Å². The fraction of sp³-hybridized carbons (Fsp3) is 0.148. The van der Waals surface area contributed by atoms with Crippen molar-refractivity contribution in [2.24, 2.45) is 5.16 Å². The minimum Gasteiger partial charge on any atom is -0.497 e. The zero-order valence-corrected chi connectivity index (χ0v) is 18.4. The van der Waals surface area contributed by atoms with Crippen LogP contribution in [0, 0.1) is 12.7 Å².